The third kappa shape index (κ3) is 18.9. The number of nitrogens with one attached hydrogen (secondary N) is 1. The topological polar surface area (TPSA) is 83.5 Å². The average Bonchev–Trinajstić information content (AvgIpc) is 2.90. The molecular weight excluding hydrogens is 530 g/mol. The molecule has 1 aromatic carbocycles. The SMILES string of the molecule is CC(=O)NC(Cc1ccccc1)C(=O)CC(CSC/C=C(\C)CCCC(C)CCCC(C)CCCC(C)C)C(=O)O. The molecule has 0 aliphatic heterocycles. The van der Waals surface area contributed by atoms with Gasteiger partial charge in [0.05, 0.1) is 12.0 Å². The van der Waals surface area contributed by atoms with Crippen LogP contribution in [-0.4, -0.2) is 40.3 Å². The number of thioether (sulfide) groups is 1. The largest absolute Gasteiger partial charge is 0.481 e. The molecular formula is C35H57NO4S. The predicted molar refractivity (Wildman–Crippen MR) is 174 cm³/mol. The van der Waals surface area contributed by atoms with Crippen molar-refractivity contribution in [1.82, 2.24) is 5.32 Å². The molecule has 0 aliphatic rings. The molecule has 1 rings (SSSR count). The number of allylic oxidation sites excluding steroid dienone is 1. The summed E-state index contributed by atoms with van der Waals surface area (Å²) in [7, 11) is 0. The summed E-state index contributed by atoms with van der Waals surface area (Å²) in [5, 5.41) is 12.4. The van der Waals surface area contributed by atoms with Gasteiger partial charge in [-0.3, -0.25) is 14.4 Å². The number of carboxylic acids is 1. The zero-order valence-electron chi connectivity index (χ0n) is 26.6. The predicted octanol–water partition coefficient (Wildman–Crippen LogP) is 8.51. The van der Waals surface area contributed by atoms with Crippen molar-refractivity contribution in [1.29, 1.82) is 0 Å². The zero-order chi connectivity index (χ0) is 30.6. The summed E-state index contributed by atoms with van der Waals surface area (Å²) in [6, 6.07) is 8.75. The van der Waals surface area contributed by atoms with Crippen molar-refractivity contribution in [2.75, 3.05) is 11.5 Å². The molecule has 5 nitrogen and oxygen atoms in total. The third-order valence-corrected chi connectivity index (χ3v) is 8.90. The Kier molecular flexibility index (Phi) is 19.5. The molecule has 0 radical (unpaired) electrons. The molecule has 6 heteroatoms. The quantitative estimate of drug-likeness (QED) is 0.0990. The first-order valence-electron chi connectivity index (χ1n) is 15.8. The van der Waals surface area contributed by atoms with Crippen LogP contribution in [0.5, 0.6) is 0 Å². The van der Waals surface area contributed by atoms with Crippen LogP contribution in [0.1, 0.15) is 111 Å². The van der Waals surface area contributed by atoms with Gasteiger partial charge in [0.1, 0.15) is 0 Å². The summed E-state index contributed by atoms with van der Waals surface area (Å²) < 4.78 is 0. The van der Waals surface area contributed by atoms with Crippen LogP contribution in [0.25, 0.3) is 0 Å². The number of aliphatic carboxylic acids is 1. The van der Waals surface area contributed by atoms with Gasteiger partial charge in [0.2, 0.25) is 5.91 Å². The average molecular weight is 588 g/mol. The van der Waals surface area contributed by atoms with Crippen LogP contribution in [0.15, 0.2) is 42.0 Å². The van der Waals surface area contributed by atoms with E-state index in [0.29, 0.717) is 12.2 Å². The number of hydrogen-bond acceptors (Lipinski definition) is 4. The summed E-state index contributed by atoms with van der Waals surface area (Å²) in [5.74, 6) is 1.27. The van der Waals surface area contributed by atoms with Gasteiger partial charge >= 0.3 is 5.97 Å². The van der Waals surface area contributed by atoms with Crippen LogP contribution in [-0.2, 0) is 20.8 Å². The first kappa shape index (κ1) is 36.9. The number of amides is 1. The maximum atomic E-state index is 13.0. The Hall–Kier alpha value is -2.08. The lowest BCUT2D eigenvalue weighted by molar-refractivity contribution is -0.143. The molecule has 41 heavy (non-hydrogen) atoms. The maximum Gasteiger partial charge on any atom is 0.307 e. The van der Waals surface area contributed by atoms with E-state index in [9.17, 15) is 19.5 Å². The number of carboxylic acid groups (broad SMARTS) is 1. The van der Waals surface area contributed by atoms with Gasteiger partial charge in [0.25, 0.3) is 0 Å². The van der Waals surface area contributed by atoms with Gasteiger partial charge < -0.3 is 10.4 Å². The van der Waals surface area contributed by atoms with Crippen molar-refractivity contribution in [3.63, 3.8) is 0 Å². The van der Waals surface area contributed by atoms with Crippen LogP contribution in [0.2, 0.25) is 0 Å². The Morgan fingerprint density at radius 2 is 1.46 bits per heavy atom. The zero-order valence-corrected chi connectivity index (χ0v) is 27.4. The molecule has 1 amide bonds. The molecule has 4 unspecified atom stereocenters. The Labute approximate surface area is 254 Å². The van der Waals surface area contributed by atoms with Crippen LogP contribution in [0, 0.1) is 23.7 Å². The molecule has 0 saturated heterocycles. The lowest BCUT2D eigenvalue weighted by atomic mass is 9.91. The van der Waals surface area contributed by atoms with E-state index in [1.54, 1.807) is 11.8 Å². The second-order valence-corrected chi connectivity index (χ2v) is 13.7. The fraction of sp³-hybridized carbons (Fsp3) is 0.686. The second-order valence-electron chi connectivity index (χ2n) is 12.6. The van der Waals surface area contributed by atoms with E-state index in [2.05, 4.69) is 46.0 Å². The van der Waals surface area contributed by atoms with Gasteiger partial charge in [-0.1, -0.05) is 115 Å². The van der Waals surface area contributed by atoms with Crippen LogP contribution in [0.3, 0.4) is 0 Å². The standard InChI is InChI=1S/C35H57NO4S/c1-26(2)13-10-14-27(3)15-11-16-28(4)17-12-18-29(5)21-22-41-25-32(35(39)40)24-34(38)33(36-30(6)37)23-31-19-8-7-9-20-31/h7-9,19-21,26-28,32-33H,10-18,22-25H2,1-6H3,(H,36,37)(H,39,40)/b29-21+. The van der Waals surface area contributed by atoms with Crippen LogP contribution >= 0.6 is 11.8 Å². The lowest BCUT2D eigenvalue weighted by Crippen LogP contribution is -2.42. The molecule has 0 heterocycles. The fourth-order valence-electron chi connectivity index (χ4n) is 5.16. The highest BCUT2D eigenvalue weighted by Crippen LogP contribution is 2.22. The minimum Gasteiger partial charge on any atom is -0.481 e. The molecule has 4 atom stereocenters. The van der Waals surface area contributed by atoms with E-state index < -0.39 is 17.9 Å². The molecule has 0 aliphatic carbocycles. The number of ketones is 1. The number of benzene rings is 1. The molecule has 2 N–H and O–H groups in total. The minimum absolute atomic E-state index is 0.0859. The van der Waals surface area contributed by atoms with Gasteiger partial charge in [0, 0.05) is 24.9 Å². The van der Waals surface area contributed by atoms with Crippen LogP contribution < -0.4 is 5.32 Å². The van der Waals surface area contributed by atoms with E-state index >= 15 is 0 Å². The van der Waals surface area contributed by atoms with E-state index in [-0.39, 0.29) is 18.1 Å². The summed E-state index contributed by atoms with van der Waals surface area (Å²) in [6.45, 7) is 12.9. The maximum absolute atomic E-state index is 13.0. The first-order valence-corrected chi connectivity index (χ1v) is 16.9. The van der Waals surface area contributed by atoms with Crippen molar-refractivity contribution in [3.8, 4) is 0 Å². The lowest BCUT2D eigenvalue weighted by Gasteiger charge is -2.19. The van der Waals surface area contributed by atoms with Gasteiger partial charge in [-0.15, -0.1) is 0 Å². The number of Topliss-reactive ketones (excluding diaryl/α,β-unsaturated/α-hetero) is 1. The van der Waals surface area contributed by atoms with Gasteiger partial charge in [-0.25, -0.2) is 0 Å². The number of carbonyl (C=O) groups is 3. The normalized spacial score (nSPS) is 14.9. The number of rotatable bonds is 23. The number of carbonyl (C=O) groups excluding carboxylic acids is 2. The van der Waals surface area contributed by atoms with Crippen molar-refractivity contribution < 1.29 is 19.5 Å². The molecule has 0 aromatic heterocycles. The van der Waals surface area contributed by atoms with E-state index in [1.165, 1.54) is 63.9 Å². The Morgan fingerprint density at radius 1 is 0.878 bits per heavy atom. The van der Waals surface area contributed by atoms with E-state index in [1.807, 2.05) is 30.3 Å². The summed E-state index contributed by atoms with van der Waals surface area (Å²) in [6.07, 6.45) is 14.1. The first-order chi connectivity index (χ1) is 19.5. The van der Waals surface area contributed by atoms with Crippen LogP contribution in [0.4, 0.5) is 0 Å². The summed E-state index contributed by atoms with van der Waals surface area (Å²) in [5.41, 5.74) is 2.28. The Bertz CT molecular complexity index is 914. The molecule has 0 saturated carbocycles. The van der Waals surface area contributed by atoms with Crippen molar-refractivity contribution in [2.45, 2.75) is 118 Å². The highest BCUT2D eigenvalue weighted by atomic mass is 32.2. The van der Waals surface area contributed by atoms with Gasteiger partial charge in [-0.05, 0) is 49.5 Å². The van der Waals surface area contributed by atoms with Crippen molar-refractivity contribution >= 4 is 29.4 Å². The molecule has 0 bridgehead atoms. The van der Waals surface area contributed by atoms with Crippen molar-refractivity contribution in [2.24, 2.45) is 23.7 Å². The Balaban J connectivity index is 2.35. The van der Waals surface area contributed by atoms with Crippen molar-refractivity contribution in [3.05, 3.63) is 47.5 Å². The molecule has 0 fully saturated rings. The van der Waals surface area contributed by atoms with Gasteiger partial charge in [-0.2, -0.15) is 11.8 Å². The fourth-order valence-corrected chi connectivity index (χ4v) is 6.25. The highest BCUT2D eigenvalue weighted by molar-refractivity contribution is 7.99. The van der Waals surface area contributed by atoms with Gasteiger partial charge in [0.15, 0.2) is 5.78 Å². The second kappa shape index (κ2) is 21.6. The third-order valence-electron chi connectivity index (χ3n) is 7.85. The monoisotopic (exact) mass is 587 g/mol. The smallest absolute Gasteiger partial charge is 0.307 e. The summed E-state index contributed by atoms with van der Waals surface area (Å²) >= 11 is 1.55. The van der Waals surface area contributed by atoms with E-state index in [0.717, 1.165) is 35.5 Å². The molecule has 1 aromatic rings. The van der Waals surface area contributed by atoms with E-state index in [4.69, 9.17) is 0 Å². The molecule has 232 valence electrons. The molecule has 0 spiro atoms. The minimum atomic E-state index is -0.966. The Morgan fingerprint density at radius 3 is 2.02 bits per heavy atom. The summed E-state index contributed by atoms with van der Waals surface area (Å²) in [4.78, 5) is 36.5. The highest BCUT2D eigenvalue weighted by Gasteiger charge is 2.27. The number of hydrogen-bond donors (Lipinski definition) is 2.